The smallest absolute Gasteiger partial charge is 0.225 e. The topological polar surface area (TPSA) is 108 Å². The molecule has 0 aliphatic carbocycles. The Morgan fingerprint density at radius 1 is 1.08 bits per heavy atom. The van der Waals surface area contributed by atoms with Crippen LogP contribution in [0.4, 0.5) is 5.95 Å². The Bertz CT molecular complexity index is 1380. The van der Waals surface area contributed by atoms with Gasteiger partial charge in [0.1, 0.15) is 0 Å². The van der Waals surface area contributed by atoms with Crippen LogP contribution in [0.3, 0.4) is 0 Å². The molecule has 5 heterocycles. The highest BCUT2D eigenvalue weighted by Gasteiger charge is 2.27. The summed E-state index contributed by atoms with van der Waals surface area (Å²) in [6.07, 6.45) is 4.91. The van der Waals surface area contributed by atoms with Gasteiger partial charge in [0.15, 0.2) is 11.2 Å². The number of benzene rings is 1. The van der Waals surface area contributed by atoms with Crippen LogP contribution in [0, 0.1) is 0 Å². The Labute approximate surface area is 209 Å². The predicted octanol–water partition coefficient (Wildman–Crippen LogP) is 1.41. The van der Waals surface area contributed by atoms with Crippen molar-refractivity contribution in [2.45, 2.75) is 18.9 Å². The molecule has 3 aromatic heterocycles. The number of pyridine rings is 1. The molecule has 1 amide bonds. The van der Waals surface area contributed by atoms with Crippen LogP contribution >= 0.6 is 0 Å². The molecule has 2 aliphatic rings. The average molecular weight is 487 g/mol. The third-order valence-corrected chi connectivity index (χ3v) is 7.14. The van der Waals surface area contributed by atoms with Crippen LogP contribution in [-0.2, 0) is 4.79 Å². The monoisotopic (exact) mass is 486 g/mol. The van der Waals surface area contributed by atoms with Crippen LogP contribution in [0.25, 0.3) is 27.8 Å². The number of rotatable bonds is 6. The number of nitrogens with zero attached hydrogens (tertiary/aromatic N) is 9. The van der Waals surface area contributed by atoms with Crippen molar-refractivity contribution in [3.05, 3.63) is 42.7 Å². The summed E-state index contributed by atoms with van der Waals surface area (Å²) in [6.45, 7) is 6.47. The summed E-state index contributed by atoms with van der Waals surface area (Å²) < 4.78 is 1.72. The summed E-state index contributed by atoms with van der Waals surface area (Å²) in [4.78, 5) is 33.0. The zero-order valence-corrected chi connectivity index (χ0v) is 20.4. The Morgan fingerprint density at radius 3 is 2.86 bits per heavy atom. The van der Waals surface area contributed by atoms with Gasteiger partial charge in [0.2, 0.25) is 11.9 Å². The fraction of sp³-hybridized carbons (Fsp3) is 0.440. The Hall–Kier alpha value is -3.70. The second kappa shape index (κ2) is 9.75. The van der Waals surface area contributed by atoms with E-state index < -0.39 is 0 Å². The number of carbonyl (C=O) groups excluding carboxylic acids is 1. The van der Waals surface area contributed by atoms with Crippen molar-refractivity contribution in [3.8, 4) is 5.69 Å². The molecule has 1 atom stereocenters. The third kappa shape index (κ3) is 4.71. The minimum absolute atomic E-state index is 0.117. The first-order chi connectivity index (χ1) is 17.6. The van der Waals surface area contributed by atoms with Crippen LogP contribution in [0.1, 0.15) is 12.8 Å². The standard InChI is InChI=1S/C25H30N10O/c1-32-11-13-33(14-12-32)9-7-23(36)34-10-6-19(17-34)28-25-27-16-22-24(29-25)35(31-30-22)20-4-5-21-18(15-20)3-2-8-26-21/h2-5,8,15-16,19H,6-7,9-14,17H2,1H3,(H,27,28,29). The highest BCUT2D eigenvalue weighted by Crippen LogP contribution is 2.21. The van der Waals surface area contributed by atoms with E-state index in [1.54, 1.807) is 17.1 Å². The lowest BCUT2D eigenvalue weighted by Crippen LogP contribution is -2.45. The molecule has 0 spiro atoms. The van der Waals surface area contributed by atoms with Gasteiger partial charge < -0.3 is 20.0 Å². The Balaban J connectivity index is 1.10. The quantitative estimate of drug-likeness (QED) is 0.433. The Morgan fingerprint density at radius 2 is 1.97 bits per heavy atom. The van der Waals surface area contributed by atoms with Gasteiger partial charge in [0, 0.05) is 69.9 Å². The number of nitrogens with one attached hydrogen (secondary N) is 1. The van der Waals surface area contributed by atoms with Crippen LogP contribution in [0.15, 0.2) is 42.7 Å². The molecule has 2 aliphatic heterocycles. The van der Waals surface area contributed by atoms with E-state index in [0.717, 1.165) is 62.3 Å². The van der Waals surface area contributed by atoms with Crippen LogP contribution in [0.2, 0.25) is 0 Å². The first-order valence-corrected chi connectivity index (χ1v) is 12.5. The number of anilines is 1. The maximum Gasteiger partial charge on any atom is 0.225 e. The number of hydrogen-bond donors (Lipinski definition) is 1. The normalized spacial score (nSPS) is 19.4. The summed E-state index contributed by atoms with van der Waals surface area (Å²) in [5.74, 6) is 0.743. The van der Waals surface area contributed by atoms with Crippen LogP contribution < -0.4 is 5.32 Å². The number of likely N-dealkylation sites (tertiary alicyclic amines) is 1. The average Bonchev–Trinajstić information content (AvgIpc) is 3.55. The molecule has 2 fully saturated rings. The van der Waals surface area contributed by atoms with Crippen LogP contribution in [0.5, 0.6) is 0 Å². The van der Waals surface area contributed by atoms with Gasteiger partial charge in [-0.05, 0) is 37.7 Å². The van der Waals surface area contributed by atoms with E-state index in [1.807, 2.05) is 35.2 Å². The molecule has 0 bridgehead atoms. The third-order valence-electron chi connectivity index (χ3n) is 7.14. The van der Waals surface area contributed by atoms with Gasteiger partial charge in [-0.3, -0.25) is 9.78 Å². The molecule has 1 aromatic carbocycles. The molecule has 0 saturated carbocycles. The minimum Gasteiger partial charge on any atom is -0.350 e. The molecule has 1 N–H and O–H groups in total. The SMILES string of the molecule is CN1CCN(CCC(=O)N2CCC(Nc3ncc4nnn(-c5ccc6ncccc6c5)c4n3)C2)CC1. The first kappa shape index (κ1) is 22.7. The van der Waals surface area contributed by atoms with Gasteiger partial charge in [-0.15, -0.1) is 5.10 Å². The molecule has 186 valence electrons. The molecule has 2 saturated heterocycles. The largest absolute Gasteiger partial charge is 0.350 e. The van der Waals surface area contributed by atoms with Crippen molar-refractivity contribution in [2.24, 2.45) is 0 Å². The van der Waals surface area contributed by atoms with E-state index in [2.05, 4.69) is 42.4 Å². The maximum absolute atomic E-state index is 12.8. The molecular weight excluding hydrogens is 456 g/mol. The van der Waals surface area contributed by atoms with E-state index in [1.165, 1.54) is 0 Å². The highest BCUT2D eigenvalue weighted by molar-refractivity contribution is 5.81. The molecule has 4 aromatic rings. The van der Waals surface area contributed by atoms with Crippen molar-refractivity contribution in [3.63, 3.8) is 0 Å². The van der Waals surface area contributed by atoms with E-state index in [9.17, 15) is 4.79 Å². The number of hydrogen-bond acceptors (Lipinski definition) is 9. The molecule has 1 unspecified atom stereocenters. The molecule has 0 radical (unpaired) electrons. The van der Waals surface area contributed by atoms with Gasteiger partial charge in [-0.1, -0.05) is 11.3 Å². The van der Waals surface area contributed by atoms with Gasteiger partial charge in [0.05, 0.1) is 17.4 Å². The number of amides is 1. The lowest BCUT2D eigenvalue weighted by Gasteiger charge is -2.32. The van der Waals surface area contributed by atoms with Crippen molar-refractivity contribution in [1.82, 2.24) is 44.6 Å². The zero-order valence-electron chi connectivity index (χ0n) is 20.4. The molecule has 6 rings (SSSR count). The van der Waals surface area contributed by atoms with Gasteiger partial charge in [-0.25, -0.2) is 4.98 Å². The van der Waals surface area contributed by atoms with Crippen molar-refractivity contribution in [2.75, 3.05) is 58.2 Å². The molecule has 36 heavy (non-hydrogen) atoms. The summed E-state index contributed by atoms with van der Waals surface area (Å²) in [6, 6.07) is 10.00. The summed E-state index contributed by atoms with van der Waals surface area (Å²) in [5, 5.41) is 13.0. The molecule has 11 nitrogen and oxygen atoms in total. The number of carbonyl (C=O) groups is 1. The summed E-state index contributed by atoms with van der Waals surface area (Å²) in [7, 11) is 2.15. The van der Waals surface area contributed by atoms with E-state index in [-0.39, 0.29) is 11.9 Å². The predicted molar refractivity (Wildman–Crippen MR) is 137 cm³/mol. The lowest BCUT2D eigenvalue weighted by molar-refractivity contribution is -0.130. The number of aromatic nitrogens is 6. The maximum atomic E-state index is 12.8. The number of fused-ring (bicyclic) bond motifs is 2. The fourth-order valence-electron chi connectivity index (χ4n) is 4.94. The van der Waals surface area contributed by atoms with Crippen molar-refractivity contribution < 1.29 is 4.79 Å². The summed E-state index contributed by atoms with van der Waals surface area (Å²) >= 11 is 0. The van der Waals surface area contributed by atoms with E-state index in [4.69, 9.17) is 4.98 Å². The summed E-state index contributed by atoms with van der Waals surface area (Å²) in [5.41, 5.74) is 3.04. The fourth-order valence-corrected chi connectivity index (χ4v) is 4.94. The van der Waals surface area contributed by atoms with E-state index >= 15 is 0 Å². The lowest BCUT2D eigenvalue weighted by atomic mass is 10.2. The van der Waals surface area contributed by atoms with E-state index in [0.29, 0.717) is 30.1 Å². The minimum atomic E-state index is 0.117. The highest BCUT2D eigenvalue weighted by atomic mass is 16.2. The Kier molecular flexibility index (Phi) is 6.16. The second-order valence-corrected chi connectivity index (χ2v) is 9.65. The number of likely N-dealkylation sites (N-methyl/N-ethyl adjacent to an activating group) is 1. The van der Waals surface area contributed by atoms with Gasteiger partial charge in [0.25, 0.3) is 0 Å². The molecular formula is C25H30N10O. The van der Waals surface area contributed by atoms with Crippen LogP contribution in [-0.4, -0.2) is 109 Å². The van der Waals surface area contributed by atoms with Crippen molar-refractivity contribution in [1.29, 1.82) is 0 Å². The second-order valence-electron chi connectivity index (χ2n) is 9.65. The van der Waals surface area contributed by atoms with Gasteiger partial charge in [-0.2, -0.15) is 9.67 Å². The molecule has 11 heteroatoms. The first-order valence-electron chi connectivity index (χ1n) is 12.5. The number of piperazine rings is 1. The van der Waals surface area contributed by atoms with Gasteiger partial charge >= 0.3 is 0 Å². The zero-order chi connectivity index (χ0) is 24.5. The van der Waals surface area contributed by atoms with Crippen molar-refractivity contribution >= 4 is 33.9 Å².